The van der Waals surface area contributed by atoms with Crippen molar-refractivity contribution in [1.82, 2.24) is 20.3 Å². The molecule has 2 heterocycles. The third kappa shape index (κ3) is 4.34. The highest BCUT2D eigenvalue weighted by molar-refractivity contribution is 6.29. The molecule has 0 amide bonds. The van der Waals surface area contributed by atoms with Crippen molar-refractivity contribution >= 4 is 11.6 Å². The molecule has 0 atom stereocenters. The first-order valence-electron chi connectivity index (χ1n) is 7.40. The van der Waals surface area contributed by atoms with E-state index in [1.807, 2.05) is 30.6 Å². The number of benzene rings is 1. The van der Waals surface area contributed by atoms with Crippen LogP contribution in [0.25, 0.3) is 11.4 Å². The van der Waals surface area contributed by atoms with Gasteiger partial charge in [0.15, 0.2) is 5.82 Å². The summed E-state index contributed by atoms with van der Waals surface area (Å²) in [6, 6.07) is 11.9. The van der Waals surface area contributed by atoms with E-state index in [9.17, 15) is 0 Å². The smallest absolute Gasteiger partial charge is 0.159 e. The molecule has 0 aliphatic heterocycles. The highest BCUT2D eigenvalue weighted by Gasteiger charge is 2.02. The lowest BCUT2D eigenvalue weighted by Gasteiger charge is -2.06. The summed E-state index contributed by atoms with van der Waals surface area (Å²) < 4.78 is 0. The molecule has 5 heteroatoms. The molecule has 0 spiro atoms. The van der Waals surface area contributed by atoms with Crippen LogP contribution in [0.3, 0.4) is 0 Å². The molecule has 0 bridgehead atoms. The van der Waals surface area contributed by atoms with Crippen LogP contribution < -0.4 is 5.32 Å². The van der Waals surface area contributed by atoms with Gasteiger partial charge in [-0.25, -0.2) is 15.0 Å². The lowest BCUT2D eigenvalue weighted by Crippen LogP contribution is -2.13. The van der Waals surface area contributed by atoms with Gasteiger partial charge >= 0.3 is 0 Å². The SMILES string of the molecule is Cc1cccc(-c2ncc(CNCc3ccc(Cl)nc3)cn2)c1. The van der Waals surface area contributed by atoms with Crippen molar-refractivity contribution in [3.63, 3.8) is 0 Å². The number of pyridine rings is 1. The quantitative estimate of drug-likeness (QED) is 0.725. The molecular weight excluding hydrogens is 308 g/mol. The van der Waals surface area contributed by atoms with E-state index in [1.54, 1.807) is 12.3 Å². The molecule has 23 heavy (non-hydrogen) atoms. The molecule has 0 aliphatic rings. The summed E-state index contributed by atoms with van der Waals surface area (Å²) in [5, 5.41) is 3.85. The molecule has 1 aromatic carbocycles. The van der Waals surface area contributed by atoms with Crippen LogP contribution in [-0.4, -0.2) is 15.0 Å². The molecule has 0 aliphatic carbocycles. The first kappa shape index (κ1) is 15.6. The Morgan fingerprint density at radius 2 is 1.65 bits per heavy atom. The zero-order valence-corrected chi connectivity index (χ0v) is 13.6. The van der Waals surface area contributed by atoms with Gasteiger partial charge in [0.1, 0.15) is 5.15 Å². The van der Waals surface area contributed by atoms with Gasteiger partial charge in [-0.1, -0.05) is 41.4 Å². The van der Waals surface area contributed by atoms with E-state index in [1.165, 1.54) is 5.56 Å². The van der Waals surface area contributed by atoms with Gasteiger partial charge in [-0.2, -0.15) is 0 Å². The van der Waals surface area contributed by atoms with Crippen LogP contribution in [-0.2, 0) is 13.1 Å². The maximum atomic E-state index is 5.77. The fourth-order valence-corrected chi connectivity index (χ4v) is 2.35. The lowest BCUT2D eigenvalue weighted by molar-refractivity contribution is 0.687. The maximum absolute atomic E-state index is 5.77. The normalized spacial score (nSPS) is 10.7. The Morgan fingerprint density at radius 1 is 0.913 bits per heavy atom. The first-order valence-corrected chi connectivity index (χ1v) is 7.77. The second-order valence-corrected chi connectivity index (χ2v) is 5.76. The van der Waals surface area contributed by atoms with E-state index >= 15 is 0 Å². The third-order valence-corrected chi connectivity index (χ3v) is 3.65. The summed E-state index contributed by atoms with van der Waals surface area (Å²) in [7, 11) is 0. The number of halogens is 1. The van der Waals surface area contributed by atoms with Gasteiger partial charge in [0.2, 0.25) is 0 Å². The number of nitrogens with one attached hydrogen (secondary N) is 1. The molecule has 1 N–H and O–H groups in total. The molecule has 0 radical (unpaired) electrons. The molecule has 0 fully saturated rings. The van der Waals surface area contributed by atoms with E-state index in [0.29, 0.717) is 11.7 Å². The van der Waals surface area contributed by atoms with Crippen molar-refractivity contribution in [3.8, 4) is 11.4 Å². The predicted molar refractivity (Wildman–Crippen MR) is 92.0 cm³/mol. The van der Waals surface area contributed by atoms with Gasteiger partial charge in [-0.15, -0.1) is 0 Å². The Balaban J connectivity index is 1.58. The summed E-state index contributed by atoms with van der Waals surface area (Å²) >= 11 is 5.77. The van der Waals surface area contributed by atoms with Crippen molar-refractivity contribution in [2.24, 2.45) is 0 Å². The van der Waals surface area contributed by atoms with Crippen molar-refractivity contribution in [2.75, 3.05) is 0 Å². The Labute approximate surface area is 140 Å². The predicted octanol–water partition coefficient (Wildman–Crippen LogP) is 3.79. The zero-order chi connectivity index (χ0) is 16.1. The number of hydrogen-bond acceptors (Lipinski definition) is 4. The minimum atomic E-state index is 0.508. The molecule has 3 rings (SSSR count). The van der Waals surface area contributed by atoms with Gasteiger partial charge in [0.25, 0.3) is 0 Å². The number of aryl methyl sites for hydroxylation is 1. The number of hydrogen-bond donors (Lipinski definition) is 1. The second kappa shape index (κ2) is 7.31. The molecule has 0 saturated heterocycles. The second-order valence-electron chi connectivity index (χ2n) is 5.38. The summed E-state index contributed by atoms with van der Waals surface area (Å²) in [6.07, 6.45) is 5.49. The fraction of sp³-hybridized carbons (Fsp3) is 0.167. The maximum Gasteiger partial charge on any atom is 0.159 e. The van der Waals surface area contributed by atoms with Crippen LogP contribution in [0, 0.1) is 6.92 Å². The van der Waals surface area contributed by atoms with Crippen molar-refractivity contribution < 1.29 is 0 Å². The topological polar surface area (TPSA) is 50.7 Å². The highest BCUT2D eigenvalue weighted by Crippen LogP contribution is 2.15. The Hall–Kier alpha value is -2.30. The standard InChI is InChI=1S/C18H17ClN4/c1-13-3-2-4-16(7-13)18-22-11-15(12-23-18)9-20-8-14-5-6-17(19)21-10-14/h2-7,10-12,20H,8-9H2,1H3. The number of nitrogens with zero attached hydrogens (tertiary/aromatic N) is 3. The van der Waals surface area contributed by atoms with Gasteiger partial charge in [-0.05, 0) is 24.6 Å². The Bertz CT molecular complexity index is 770. The van der Waals surface area contributed by atoms with Crippen LogP contribution in [0.4, 0.5) is 0 Å². The molecule has 116 valence electrons. The van der Waals surface area contributed by atoms with Crippen LogP contribution in [0.1, 0.15) is 16.7 Å². The lowest BCUT2D eigenvalue weighted by atomic mass is 10.1. The minimum Gasteiger partial charge on any atom is -0.308 e. The Kier molecular flexibility index (Phi) is 4.95. The first-order chi connectivity index (χ1) is 11.2. The van der Waals surface area contributed by atoms with Gasteiger partial charge in [0, 0.05) is 42.8 Å². The van der Waals surface area contributed by atoms with E-state index in [0.717, 1.165) is 29.1 Å². The Morgan fingerprint density at radius 3 is 2.35 bits per heavy atom. The van der Waals surface area contributed by atoms with E-state index < -0.39 is 0 Å². The van der Waals surface area contributed by atoms with Crippen LogP contribution >= 0.6 is 11.6 Å². The van der Waals surface area contributed by atoms with Gasteiger partial charge in [0.05, 0.1) is 0 Å². The van der Waals surface area contributed by atoms with Crippen molar-refractivity contribution in [1.29, 1.82) is 0 Å². The van der Waals surface area contributed by atoms with Crippen LogP contribution in [0.2, 0.25) is 5.15 Å². The molecular formula is C18H17ClN4. The molecule has 3 aromatic rings. The minimum absolute atomic E-state index is 0.508. The highest BCUT2D eigenvalue weighted by atomic mass is 35.5. The van der Waals surface area contributed by atoms with Crippen LogP contribution in [0.15, 0.2) is 55.0 Å². The monoisotopic (exact) mass is 324 g/mol. The summed E-state index contributed by atoms with van der Waals surface area (Å²) in [5.41, 5.74) is 4.38. The van der Waals surface area contributed by atoms with Crippen LogP contribution in [0.5, 0.6) is 0 Å². The van der Waals surface area contributed by atoms with E-state index in [-0.39, 0.29) is 0 Å². The van der Waals surface area contributed by atoms with Gasteiger partial charge < -0.3 is 5.32 Å². The molecule has 0 saturated carbocycles. The third-order valence-electron chi connectivity index (χ3n) is 3.43. The molecule has 0 unspecified atom stereocenters. The molecule has 4 nitrogen and oxygen atoms in total. The number of rotatable bonds is 5. The fourth-order valence-electron chi connectivity index (χ4n) is 2.24. The summed E-state index contributed by atoms with van der Waals surface area (Å²) in [4.78, 5) is 13.0. The summed E-state index contributed by atoms with van der Waals surface area (Å²) in [6.45, 7) is 3.49. The number of aromatic nitrogens is 3. The molecule has 2 aromatic heterocycles. The average molecular weight is 325 g/mol. The van der Waals surface area contributed by atoms with Crippen molar-refractivity contribution in [2.45, 2.75) is 20.0 Å². The van der Waals surface area contributed by atoms with E-state index in [2.05, 4.69) is 39.3 Å². The average Bonchev–Trinajstić information content (AvgIpc) is 2.57. The largest absolute Gasteiger partial charge is 0.308 e. The zero-order valence-electron chi connectivity index (χ0n) is 12.8. The van der Waals surface area contributed by atoms with Crippen molar-refractivity contribution in [3.05, 3.63) is 76.8 Å². The summed E-state index contributed by atoms with van der Waals surface area (Å²) in [5.74, 6) is 0.749. The van der Waals surface area contributed by atoms with Gasteiger partial charge in [-0.3, -0.25) is 0 Å². The van der Waals surface area contributed by atoms with E-state index in [4.69, 9.17) is 11.6 Å².